The molecular weight excluding hydrogens is 236 g/mol. The van der Waals surface area contributed by atoms with Crippen LogP contribution in [0.15, 0.2) is 35.3 Å². The summed E-state index contributed by atoms with van der Waals surface area (Å²) >= 11 is 0. The lowest BCUT2D eigenvalue weighted by Gasteiger charge is -2.28. The van der Waals surface area contributed by atoms with Gasteiger partial charge in [-0.3, -0.25) is 9.89 Å². The second-order valence-electron chi connectivity index (χ2n) is 4.76. The van der Waals surface area contributed by atoms with E-state index < -0.39 is 0 Å². The van der Waals surface area contributed by atoms with E-state index >= 15 is 0 Å². The third-order valence-corrected chi connectivity index (χ3v) is 3.53. The molecule has 0 unspecified atom stereocenters. The van der Waals surface area contributed by atoms with Crippen LogP contribution in [-0.4, -0.2) is 37.5 Å². The molecule has 1 saturated heterocycles. The maximum absolute atomic E-state index is 5.43. The summed E-state index contributed by atoms with van der Waals surface area (Å²) in [6, 6.07) is 8.09. The molecule has 1 heterocycles. The van der Waals surface area contributed by atoms with Gasteiger partial charge in [-0.1, -0.05) is 24.3 Å². The van der Waals surface area contributed by atoms with Crippen molar-refractivity contribution in [3.63, 3.8) is 0 Å². The highest BCUT2D eigenvalue weighted by Gasteiger charge is 2.14. The Morgan fingerprint density at radius 1 is 1.37 bits per heavy atom. The molecule has 0 atom stereocenters. The lowest BCUT2D eigenvalue weighted by Crippen LogP contribution is -2.37. The van der Waals surface area contributed by atoms with Crippen molar-refractivity contribution in [3.05, 3.63) is 35.9 Å². The maximum Gasteiger partial charge on any atom is 0.126 e. The van der Waals surface area contributed by atoms with Crippen LogP contribution in [0.4, 0.5) is 0 Å². The van der Waals surface area contributed by atoms with Crippen molar-refractivity contribution in [2.75, 3.05) is 26.9 Å². The van der Waals surface area contributed by atoms with Gasteiger partial charge in [0.25, 0.3) is 0 Å². The van der Waals surface area contributed by atoms with E-state index in [1.807, 2.05) is 25.1 Å². The van der Waals surface area contributed by atoms with E-state index in [4.69, 9.17) is 4.74 Å². The van der Waals surface area contributed by atoms with Gasteiger partial charge in [0.2, 0.25) is 0 Å². The van der Waals surface area contributed by atoms with Gasteiger partial charge in [-0.05, 0) is 26.3 Å². The number of allylic oxidation sites excluding steroid dienone is 2. The Kier molecular flexibility index (Phi) is 4.74. The summed E-state index contributed by atoms with van der Waals surface area (Å²) in [6.07, 6.45) is 3.41. The Balaban J connectivity index is 2.18. The zero-order valence-electron chi connectivity index (χ0n) is 12.0. The molecule has 0 amide bonds. The predicted molar refractivity (Wildman–Crippen MR) is 80.8 cm³/mol. The second kappa shape index (κ2) is 6.53. The molecule has 1 aliphatic heterocycles. The summed E-state index contributed by atoms with van der Waals surface area (Å²) in [6.45, 7) is 7.28. The van der Waals surface area contributed by atoms with Crippen LogP contribution in [0.25, 0.3) is 5.57 Å². The molecule has 0 bridgehead atoms. The van der Waals surface area contributed by atoms with Crippen LogP contribution in [0, 0.1) is 0 Å². The van der Waals surface area contributed by atoms with Crippen LogP contribution in [0.2, 0.25) is 0 Å². The fourth-order valence-electron chi connectivity index (χ4n) is 2.24. The molecule has 3 heteroatoms. The SMILES string of the molecule is C/C=C(\C(C)=N/CN1CCC1)c1ccccc1OC. The van der Waals surface area contributed by atoms with Gasteiger partial charge in [-0.15, -0.1) is 0 Å². The summed E-state index contributed by atoms with van der Waals surface area (Å²) in [7, 11) is 1.71. The zero-order chi connectivity index (χ0) is 13.7. The first-order valence-electron chi connectivity index (χ1n) is 6.79. The molecule has 0 radical (unpaired) electrons. The predicted octanol–water partition coefficient (Wildman–Crippen LogP) is 3.22. The van der Waals surface area contributed by atoms with Crippen molar-refractivity contribution in [3.8, 4) is 5.75 Å². The van der Waals surface area contributed by atoms with Crippen molar-refractivity contribution < 1.29 is 4.74 Å². The lowest BCUT2D eigenvalue weighted by atomic mass is 10.0. The number of para-hydroxylation sites is 1. The Morgan fingerprint density at radius 3 is 2.68 bits per heavy atom. The molecule has 3 nitrogen and oxygen atoms in total. The first-order chi connectivity index (χ1) is 9.26. The first-order valence-corrected chi connectivity index (χ1v) is 6.79. The smallest absolute Gasteiger partial charge is 0.126 e. The minimum Gasteiger partial charge on any atom is -0.496 e. The van der Waals surface area contributed by atoms with E-state index in [2.05, 4.69) is 29.0 Å². The molecule has 1 aliphatic rings. The van der Waals surface area contributed by atoms with Gasteiger partial charge in [-0.2, -0.15) is 0 Å². The topological polar surface area (TPSA) is 24.8 Å². The quantitative estimate of drug-likeness (QED) is 0.758. The number of benzene rings is 1. The highest BCUT2D eigenvalue weighted by atomic mass is 16.5. The number of ether oxygens (including phenoxy) is 1. The molecule has 0 aliphatic carbocycles. The molecule has 1 fully saturated rings. The second-order valence-corrected chi connectivity index (χ2v) is 4.76. The summed E-state index contributed by atoms with van der Waals surface area (Å²) in [5.74, 6) is 0.897. The van der Waals surface area contributed by atoms with Gasteiger partial charge in [0.1, 0.15) is 5.75 Å². The summed E-state index contributed by atoms with van der Waals surface area (Å²) in [5.41, 5.74) is 3.33. The Bertz CT molecular complexity index is 487. The van der Waals surface area contributed by atoms with Crippen molar-refractivity contribution in [1.82, 2.24) is 4.90 Å². The number of likely N-dealkylation sites (tertiary alicyclic amines) is 1. The average molecular weight is 258 g/mol. The molecule has 2 rings (SSSR count). The standard InChI is InChI=1S/C16H22N2O/c1-4-14(13(2)17-12-18-10-7-11-18)15-8-5-6-9-16(15)19-3/h4-6,8-9H,7,10-12H2,1-3H3/b14-4+,17-13-. The van der Waals surface area contributed by atoms with Crippen LogP contribution in [0.3, 0.4) is 0 Å². The molecule has 0 spiro atoms. The monoisotopic (exact) mass is 258 g/mol. The normalized spacial score (nSPS) is 17.2. The minimum atomic E-state index is 0.804. The Labute approximate surface area is 115 Å². The largest absolute Gasteiger partial charge is 0.496 e. The van der Waals surface area contributed by atoms with Crippen molar-refractivity contribution in [1.29, 1.82) is 0 Å². The number of methoxy groups -OCH3 is 1. The van der Waals surface area contributed by atoms with Gasteiger partial charge in [0.05, 0.1) is 13.8 Å². The fraction of sp³-hybridized carbons (Fsp3) is 0.438. The number of rotatable bonds is 5. The minimum absolute atomic E-state index is 0.804. The van der Waals surface area contributed by atoms with Gasteiger partial charge < -0.3 is 4.74 Å². The van der Waals surface area contributed by atoms with Crippen LogP contribution in [-0.2, 0) is 0 Å². The van der Waals surface area contributed by atoms with Crippen LogP contribution < -0.4 is 4.74 Å². The maximum atomic E-state index is 5.43. The van der Waals surface area contributed by atoms with Crippen LogP contribution in [0.5, 0.6) is 5.75 Å². The molecule has 1 aromatic rings. The summed E-state index contributed by atoms with van der Waals surface area (Å²) < 4.78 is 5.43. The molecule has 0 saturated carbocycles. The number of nitrogens with zero attached hydrogens (tertiary/aromatic N) is 2. The van der Waals surface area contributed by atoms with Crippen molar-refractivity contribution >= 4 is 11.3 Å². The zero-order valence-corrected chi connectivity index (χ0v) is 12.0. The highest BCUT2D eigenvalue weighted by Crippen LogP contribution is 2.26. The number of aliphatic imine (C=N–C) groups is 1. The van der Waals surface area contributed by atoms with Crippen molar-refractivity contribution in [2.45, 2.75) is 20.3 Å². The molecule has 19 heavy (non-hydrogen) atoms. The average Bonchev–Trinajstić information content (AvgIpc) is 2.38. The molecule has 1 aromatic carbocycles. The molecule has 0 aromatic heterocycles. The summed E-state index contributed by atoms with van der Waals surface area (Å²) in [5, 5.41) is 0. The Morgan fingerprint density at radius 2 is 2.11 bits per heavy atom. The highest BCUT2D eigenvalue weighted by molar-refractivity contribution is 6.23. The molecular formula is C16H22N2O. The number of hydrogen-bond donors (Lipinski definition) is 0. The van der Waals surface area contributed by atoms with Gasteiger partial charge in [0, 0.05) is 29.9 Å². The van der Waals surface area contributed by atoms with E-state index in [1.165, 1.54) is 19.5 Å². The van der Waals surface area contributed by atoms with E-state index in [0.717, 1.165) is 29.3 Å². The van der Waals surface area contributed by atoms with Gasteiger partial charge in [-0.25, -0.2) is 0 Å². The van der Waals surface area contributed by atoms with E-state index in [0.29, 0.717) is 0 Å². The first kappa shape index (κ1) is 13.8. The fourth-order valence-corrected chi connectivity index (χ4v) is 2.24. The number of hydrogen-bond acceptors (Lipinski definition) is 3. The van der Waals surface area contributed by atoms with E-state index in [9.17, 15) is 0 Å². The van der Waals surface area contributed by atoms with Gasteiger partial charge in [0.15, 0.2) is 0 Å². The Hall–Kier alpha value is -1.61. The van der Waals surface area contributed by atoms with Gasteiger partial charge >= 0.3 is 0 Å². The molecule has 0 N–H and O–H groups in total. The summed E-state index contributed by atoms with van der Waals surface area (Å²) in [4.78, 5) is 7.03. The molecule has 102 valence electrons. The lowest BCUT2D eigenvalue weighted by molar-refractivity contribution is 0.188. The third kappa shape index (κ3) is 3.24. The third-order valence-electron chi connectivity index (χ3n) is 3.53. The van der Waals surface area contributed by atoms with Crippen molar-refractivity contribution in [2.24, 2.45) is 4.99 Å². The van der Waals surface area contributed by atoms with E-state index in [-0.39, 0.29) is 0 Å². The van der Waals surface area contributed by atoms with Crippen LogP contribution >= 0.6 is 0 Å². The van der Waals surface area contributed by atoms with Crippen LogP contribution in [0.1, 0.15) is 25.8 Å². The van der Waals surface area contributed by atoms with E-state index in [1.54, 1.807) is 7.11 Å².